The molecule has 1 aromatic heterocycles. The van der Waals surface area contributed by atoms with Crippen LogP contribution >= 0.6 is 0 Å². The third-order valence-corrected chi connectivity index (χ3v) is 4.71. The molecule has 0 aliphatic carbocycles. The number of hydrogen-bond donors (Lipinski definition) is 1. The highest BCUT2D eigenvalue weighted by atomic mass is 16.5. The molecule has 3 aromatic rings. The summed E-state index contributed by atoms with van der Waals surface area (Å²) in [7, 11) is 3.15. The number of hydrogen-bond acceptors (Lipinski definition) is 5. The number of aryl methyl sites for hydroxylation is 2. The second kappa shape index (κ2) is 8.17. The third-order valence-electron chi connectivity index (χ3n) is 4.71. The fourth-order valence-corrected chi connectivity index (χ4v) is 3.27. The van der Waals surface area contributed by atoms with Crippen molar-refractivity contribution in [3.8, 4) is 11.5 Å². The first-order chi connectivity index (χ1) is 13.4. The summed E-state index contributed by atoms with van der Waals surface area (Å²) in [5.41, 5.74) is 2.75. The Labute approximate surface area is 163 Å². The van der Waals surface area contributed by atoms with Gasteiger partial charge in [0.1, 0.15) is 17.1 Å². The molecule has 146 valence electrons. The van der Waals surface area contributed by atoms with E-state index >= 15 is 0 Å². The van der Waals surface area contributed by atoms with Crippen LogP contribution in [0, 0.1) is 13.8 Å². The Bertz CT molecular complexity index is 1080. The first-order valence-corrected chi connectivity index (χ1v) is 8.94. The first-order valence-electron chi connectivity index (χ1n) is 8.94. The number of ether oxygens (including phenoxy) is 2. The predicted octanol–water partition coefficient (Wildman–Crippen LogP) is 3.29. The number of carbonyl (C=O) groups is 1. The van der Waals surface area contributed by atoms with Crippen molar-refractivity contribution in [3.05, 3.63) is 69.1 Å². The lowest BCUT2D eigenvalue weighted by molar-refractivity contribution is -0.120. The van der Waals surface area contributed by atoms with E-state index in [2.05, 4.69) is 5.32 Å². The van der Waals surface area contributed by atoms with Gasteiger partial charge in [0.15, 0.2) is 0 Å². The molecule has 0 aliphatic heterocycles. The van der Waals surface area contributed by atoms with Crippen LogP contribution in [0.2, 0.25) is 0 Å². The van der Waals surface area contributed by atoms with Crippen molar-refractivity contribution in [2.75, 3.05) is 14.2 Å². The molecule has 1 heterocycles. The lowest BCUT2D eigenvalue weighted by atomic mass is 10.0. The standard InChI is InChI=1S/C22H23NO5/c1-13-9-18(27-4)21-14(2)16(22(25)28-19(21)10-13)11-20(24)23-12-15-7-5-6-8-17(15)26-3/h5-10H,11-12H2,1-4H3,(H,23,24). The van der Waals surface area contributed by atoms with Crippen LogP contribution < -0.4 is 20.4 Å². The molecule has 0 atom stereocenters. The summed E-state index contributed by atoms with van der Waals surface area (Å²) in [4.78, 5) is 24.9. The van der Waals surface area contributed by atoms with Gasteiger partial charge in [-0.15, -0.1) is 0 Å². The van der Waals surface area contributed by atoms with Gasteiger partial charge < -0.3 is 19.2 Å². The smallest absolute Gasteiger partial charge is 0.340 e. The van der Waals surface area contributed by atoms with Crippen molar-refractivity contribution < 1.29 is 18.7 Å². The van der Waals surface area contributed by atoms with E-state index in [9.17, 15) is 9.59 Å². The molecule has 0 saturated carbocycles. The van der Waals surface area contributed by atoms with Crippen LogP contribution in [0.25, 0.3) is 11.0 Å². The van der Waals surface area contributed by atoms with Crippen LogP contribution in [0.15, 0.2) is 45.6 Å². The molecule has 1 amide bonds. The average Bonchev–Trinajstić information content (AvgIpc) is 2.68. The van der Waals surface area contributed by atoms with E-state index in [0.29, 0.717) is 40.1 Å². The van der Waals surface area contributed by atoms with Gasteiger partial charge in [-0.3, -0.25) is 4.79 Å². The maximum absolute atomic E-state index is 12.5. The second-order valence-corrected chi connectivity index (χ2v) is 6.60. The third kappa shape index (κ3) is 3.86. The highest BCUT2D eigenvalue weighted by Gasteiger charge is 2.18. The van der Waals surface area contributed by atoms with Crippen LogP contribution in [0.3, 0.4) is 0 Å². The first kappa shape index (κ1) is 19.5. The molecule has 6 heteroatoms. The van der Waals surface area contributed by atoms with Gasteiger partial charge in [-0.1, -0.05) is 18.2 Å². The Hall–Kier alpha value is -3.28. The zero-order chi connectivity index (χ0) is 20.3. The number of methoxy groups -OCH3 is 2. The van der Waals surface area contributed by atoms with Crippen molar-refractivity contribution in [1.82, 2.24) is 5.32 Å². The lowest BCUT2D eigenvalue weighted by Gasteiger charge is -2.13. The van der Waals surface area contributed by atoms with Crippen molar-refractivity contribution >= 4 is 16.9 Å². The molecular weight excluding hydrogens is 358 g/mol. The lowest BCUT2D eigenvalue weighted by Crippen LogP contribution is -2.27. The molecule has 0 saturated heterocycles. The average molecular weight is 381 g/mol. The van der Waals surface area contributed by atoms with Gasteiger partial charge >= 0.3 is 5.63 Å². The second-order valence-electron chi connectivity index (χ2n) is 6.60. The molecular formula is C22H23NO5. The summed E-state index contributed by atoms with van der Waals surface area (Å²) in [6, 6.07) is 11.1. The summed E-state index contributed by atoms with van der Waals surface area (Å²) in [6.45, 7) is 4.01. The summed E-state index contributed by atoms with van der Waals surface area (Å²) in [5, 5.41) is 3.54. The highest BCUT2D eigenvalue weighted by Crippen LogP contribution is 2.30. The number of nitrogens with one attached hydrogen (secondary N) is 1. The molecule has 28 heavy (non-hydrogen) atoms. The maximum Gasteiger partial charge on any atom is 0.340 e. The van der Waals surface area contributed by atoms with Crippen LogP contribution in [-0.2, 0) is 17.8 Å². The minimum Gasteiger partial charge on any atom is -0.496 e. The van der Waals surface area contributed by atoms with Crippen molar-refractivity contribution in [1.29, 1.82) is 0 Å². The SMILES string of the molecule is COc1ccccc1CNC(=O)Cc1c(C)c2c(OC)cc(C)cc2oc1=O. The normalized spacial score (nSPS) is 10.7. The zero-order valence-corrected chi connectivity index (χ0v) is 16.4. The van der Waals surface area contributed by atoms with Gasteiger partial charge in [-0.05, 0) is 43.2 Å². The molecule has 0 unspecified atom stereocenters. The highest BCUT2D eigenvalue weighted by molar-refractivity contribution is 5.89. The van der Waals surface area contributed by atoms with E-state index in [1.54, 1.807) is 27.2 Å². The van der Waals surface area contributed by atoms with Crippen LogP contribution in [0.1, 0.15) is 22.3 Å². The van der Waals surface area contributed by atoms with Gasteiger partial charge in [0.2, 0.25) is 5.91 Å². The van der Waals surface area contributed by atoms with Crippen molar-refractivity contribution in [3.63, 3.8) is 0 Å². The fraction of sp³-hybridized carbons (Fsp3) is 0.273. The predicted molar refractivity (Wildman–Crippen MR) is 107 cm³/mol. The van der Waals surface area contributed by atoms with E-state index in [1.165, 1.54) is 0 Å². The van der Waals surface area contributed by atoms with E-state index in [4.69, 9.17) is 13.9 Å². The monoisotopic (exact) mass is 381 g/mol. The quantitative estimate of drug-likeness (QED) is 0.663. The Balaban J connectivity index is 1.86. The Morgan fingerprint density at radius 1 is 1.07 bits per heavy atom. The molecule has 0 fully saturated rings. The zero-order valence-electron chi connectivity index (χ0n) is 16.4. The number of amides is 1. The minimum atomic E-state index is -0.509. The number of para-hydroxylation sites is 1. The number of benzene rings is 2. The van der Waals surface area contributed by atoms with Crippen LogP contribution in [0.5, 0.6) is 11.5 Å². The number of rotatable bonds is 6. The molecule has 1 N–H and O–H groups in total. The van der Waals surface area contributed by atoms with Crippen LogP contribution in [-0.4, -0.2) is 20.1 Å². The Morgan fingerprint density at radius 3 is 2.50 bits per heavy atom. The fourth-order valence-electron chi connectivity index (χ4n) is 3.27. The Morgan fingerprint density at radius 2 is 1.79 bits per heavy atom. The number of fused-ring (bicyclic) bond motifs is 1. The minimum absolute atomic E-state index is 0.0731. The summed E-state index contributed by atoms with van der Waals surface area (Å²) < 4.78 is 16.2. The van der Waals surface area contributed by atoms with Crippen LogP contribution in [0.4, 0.5) is 0 Å². The maximum atomic E-state index is 12.5. The number of carbonyl (C=O) groups excluding carboxylic acids is 1. The van der Waals surface area contributed by atoms with E-state index in [1.807, 2.05) is 37.3 Å². The Kier molecular flexibility index (Phi) is 5.68. The largest absolute Gasteiger partial charge is 0.496 e. The van der Waals surface area contributed by atoms with Gasteiger partial charge in [-0.2, -0.15) is 0 Å². The van der Waals surface area contributed by atoms with E-state index in [-0.39, 0.29) is 12.3 Å². The van der Waals surface area contributed by atoms with Gasteiger partial charge in [0.05, 0.1) is 31.6 Å². The van der Waals surface area contributed by atoms with E-state index in [0.717, 1.165) is 11.1 Å². The summed E-state index contributed by atoms with van der Waals surface area (Å²) >= 11 is 0. The molecule has 6 nitrogen and oxygen atoms in total. The summed E-state index contributed by atoms with van der Waals surface area (Å²) in [6.07, 6.45) is -0.0731. The molecule has 0 aliphatic rings. The summed E-state index contributed by atoms with van der Waals surface area (Å²) in [5.74, 6) is 1.04. The van der Waals surface area contributed by atoms with Gasteiger partial charge in [-0.25, -0.2) is 4.79 Å². The molecule has 0 spiro atoms. The molecule has 2 aromatic carbocycles. The molecule has 3 rings (SSSR count). The van der Waals surface area contributed by atoms with Gasteiger partial charge in [0, 0.05) is 12.1 Å². The van der Waals surface area contributed by atoms with Crippen molar-refractivity contribution in [2.45, 2.75) is 26.8 Å². The topological polar surface area (TPSA) is 77.8 Å². The molecule has 0 radical (unpaired) electrons. The van der Waals surface area contributed by atoms with E-state index < -0.39 is 5.63 Å². The van der Waals surface area contributed by atoms with Crippen molar-refractivity contribution in [2.24, 2.45) is 0 Å². The van der Waals surface area contributed by atoms with Gasteiger partial charge in [0.25, 0.3) is 0 Å². The molecule has 0 bridgehead atoms.